The number of carbonyl (C=O) groups is 3. The zero-order valence-electron chi connectivity index (χ0n) is 17.9. The van der Waals surface area contributed by atoms with Crippen molar-refractivity contribution in [2.45, 2.75) is 45.4 Å². The average Bonchev–Trinajstić information content (AvgIpc) is 2.76. The van der Waals surface area contributed by atoms with Crippen LogP contribution in [0.3, 0.4) is 0 Å². The highest BCUT2D eigenvalue weighted by Gasteiger charge is 2.34. The van der Waals surface area contributed by atoms with E-state index in [-0.39, 0.29) is 5.91 Å². The summed E-state index contributed by atoms with van der Waals surface area (Å²) in [6.07, 6.45) is -0.692. The van der Waals surface area contributed by atoms with Crippen LogP contribution in [-0.4, -0.2) is 36.6 Å². The molecule has 2 atom stereocenters. The van der Waals surface area contributed by atoms with Crippen LogP contribution < -0.4 is 15.5 Å². The number of nitrogens with zero attached hydrogens (tertiary/aromatic N) is 1. The van der Waals surface area contributed by atoms with Crippen molar-refractivity contribution in [1.82, 2.24) is 10.6 Å². The van der Waals surface area contributed by atoms with Crippen LogP contribution in [0.25, 0.3) is 11.1 Å². The maximum atomic E-state index is 13.2. The first-order valence-corrected chi connectivity index (χ1v) is 9.84. The van der Waals surface area contributed by atoms with Crippen LogP contribution in [-0.2, 0) is 14.3 Å². The molecule has 2 aromatic carbocycles. The molecule has 0 radical (unpaired) electrons. The van der Waals surface area contributed by atoms with E-state index in [9.17, 15) is 14.4 Å². The molecule has 1 aliphatic rings. The number of alkyl carbamates (subject to hydrolysis) is 1. The van der Waals surface area contributed by atoms with Crippen molar-refractivity contribution in [3.63, 3.8) is 0 Å². The maximum Gasteiger partial charge on any atom is 0.408 e. The molecule has 0 fully saturated rings. The molecule has 0 spiro atoms. The van der Waals surface area contributed by atoms with Gasteiger partial charge in [-0.2, -0.15) is 0 Å². The molecule has 0 saturated heterocycles. The SMILES string of the molecule is CC(NC(=O)OC(C)(C)C)C(=O)NC1C(=O)N(C)c2ccccc2-c2ccccc21. The summed E-state index contributed by atoms with van der Waals surface area (Å²) in [5.74, 6) is -0.737. The van der Waals surface area contributed by atoms with Gasteiger partial charge in [-0.25, -0.2) is 4.79 Å². The minimum Gasteiger partial charge on any atom is -0.444 e. The number of para-hydroxylation sites is 1. The summed E-state index contributed by atoms with van der Waals surface area (Å²) in [5, 5.41) is 5.31. The van der Waals surface area contributed by atoms with E-state index < -0.39 is 29.7 Å². The lowest BCUT2D eigenvalue weighted by Gasteiger charge is -2.25. The van der Waals surface area contributed by atoms with Crippen LogP contribution in [0.1, 0.15) is 39.3 Å². The standard InChI is InChI=1S/C23H27N3O4/c1-14(24-22(29)30-23(2,3)4)20(27)25-19-17-12-7-6-10-15(17)16-11-8-9-13-18(16)26(5)21(19)28/h6-14,19H,1-5H3,(H,24,29)(H,25,27). The zero-order valence-corrected chi connectivity index (χ0v) is 17.9. The van der Waals surface area contributed by atoms with E-state index in [4.69, 9.17) is 4.74 Å². The topological polar surface area (TPSA) is 87.7 Å². The van der Waals surface area contributed by atoms with Crippen molar-refractivity contribution in [3.8, 4) is 11.1 Å². The average molecular weight is 409 g/mol. The Balaban J connectivity index is 1.86. The van der Waals surface area contributed by atoms with E-state index in [2.05, 4.69) is 10.6 Å². The predicted molar refractivity (Wildman–Crippen MR) is 115 cm³/mol. The highest BCUT2D eigenvalue weighted by atomic mass is 16.6. The van der Waals surface area contributed by atoms with Gasteiger partial charge in [0.1, 0.15) is 17.7 Å². The summed E-state index contributed by atoms with van der Waals surface area (Å²) in [6, 6.07) is 13.4. The van der Waals surface area contributed by atoms with E-state index in [1.54, 1.807) is 39.6 Å². The lowest BCUT2D eigenvalue weighted by atomic mass is 9.95. The molecule has 3 rings (SSSR count). The van der Waals surface area contributed by atoms with Crippen molar-refractivity contribution >= 4 is 23.6 Å². The smallest absolute Gasteiger partial charge is 0.408 e. The van der Waals surface area contributed by atoms with Gasteiger partial charge in [0.25, 0.3) is 5.91 Å². The Kier molecular flexibility index (Phi) is 5.82. The Hall–Kier alpha value is -3.35. The molecule has 2 N–H and O–H groups in total. The van der Waals surface area contributed by atoms with E-state index in [0.717, 1.165) is 16.8 Å². The third kappa shape index (κ3) is 4.45. The van der Waals surface area contributed by atoms with Crippen LogP contribution in [0.2, 0.25) is 0 Å². The Labute approximate surface area is 176 Å². The Bertz CT molecular complexity index is 980. The van der Waals surface area contributed by atoms with Gasteiger partial charge in [0.15, 0.2) is 0 Å². The third-order valence-electron chi connectivity index (χ3n) is 4.82. The Morgan fingerprint density at radius 2 is 1.63 bits per heavy atom. The fourth-order valence-electron chi connectivity index (χ4n) is 3.39. The second kappa shape index (κ2) is 8.18. The summed E-state index contributed by atoms with van der Waals surface area (Å²) in [4.78, 5) is 39.6. The van der Waals surface area contributed by atoms with Gasteiger partial charge in [-0.3, -0.25) is 9.59 Å². The van der Waals surface area contributed by atoms with Gasteiger partial charge in [-0.05, 0) is 44.9 Å². The highest BCUT2D eigenvalue weighted by Crippen LogP contribution is 2.39. The number of anilines is 1. The Morgan fingerprint density at radius 1 is 1.03 bits per heavy atom. The van der Waals surface area contributed by atoms with Crippen molar-refractivity contribution in [1.29, 1.82) is 0 Å². The van der Waals surface area contributed by atoms with Crippen LogP contribution in [0.15, 0.2) is 48.5 Å². The summed E-state index contributed by atoms with van der Waals surface area (Å²) < 4.78 is 5.20. The lowest BCUT2D eigenvalue weighted by molar-refractivity contribution is -0.128. The molecule has 7 heteroatoms. The number of hydrogen-bond donors (Lipinski definition) is 2. The van der Waals surface area contributed by atoms with Crippen molar-refractivity contribution in [3.05, 3.63) is 54.1 Å². The van der Waals surface area contributed by atoms with Crippen LogP contribution in [0.4, 0.5) is 10.5 Å². The van der Waals surface area contributed by atoms with Crippen LogP contribution in [0.5, 0.6) is 0 Å². The largest absolute Gasteiger partial charge is 0.444 e. The molecule has 30 heavy (non-hydrogen) atoms. The second-order valence-corrected chi connectivity index (χ2v) is 8.31. The predicted octanol–water partition coefficient (Wildman–Crippen LogP) is 3.40. The maximum absolute atomic E-state index is 13.2. The first-order chi connectivity index (χ1) is 14.1. The molecule has 1 heterocycles. The normalized spacial score (nSPS) is 16.6. The van der Waals surface area contributed by atoms with E-state index in [0.29, 0.717) is 5.56 Å². The molecule has 158 valence electrons. The van der Waals surface area contributed by atoms with Gasteiger partial charge < -0.3 is 20.3 Å². The van der Waals surface area contributed by atoms with Crippen molar-refractivity contribution in [2.24, 2.45) is 0 Å². The van der Waals surface area contributed by atoms with Gasteiger partial charge in [0, 0.05) is 12.6 Å². The number of benzene rings is 2. The van der Waals surface area contributed by atoms with Crippen LogP contribution >= 0.6 is 0 Å². The number of nitrogens with one attached hydrogen (secondary N) is 2. The first kappa shape index (κ1) is 21.4. The molecule has 3 amide bonds. The van der Waals surface area contributed by atoms with Gasteiger partial charge in [0.05, 0.1) is 5.69 Å². The molecule has 0 bridgehead atoms. The molecule has 0 aromatic heterocycles. The summed E-state index contributed by atoms with van der Waals surface area (Å²) in [7, 11) is 1.69. The van der Waals surface area contributed by atoms with E-state index >= 15 is 0 Å². The summed E-state index contributed by atoms with van der Waals surface area (Å²) >= 11 is 0. The number of fused-ring (bicyclic) bond motifs is 3. The lowest BCUT2D eigenvalue weighted by Crippen LogP contribution is -2.49. The first-order valence-electron chi connectivity index (χ1n) is 9.84. The number of ether oxygens (including phenoxy) is 1. The van der Waals surface area contributed by atoms with Gasteiger partial charge in [-0.15, -0.1) is 0 Å². The van der Waals surface area contributed by atoms with Crippen LogP contribution in [0, 0.1) is 0 Å². The van der Waals surface area contributed by atoms with Crippen molar-refractivity contribution in [2.75, 3.05) is 11.9 Å². The zero-order chi connectivity index (χ0) is 22.1. The van der Waals surface area contributed by atoms with E-state index in [1.165, 1.54) is 0 Å². The molecule has 0 saturated carbocycles. The van der Waals surface area contributed by atoms with Gasteiger partial charge in [0.2, 0.25) is 5.91 Å². The fraction of sp³-hybridized carbons (Fsp3) is 0.348. The molecule has 0 aliphatic carbocycles. The second-order valence-electron chi connectivity index (χ2n) is 8.31. The fourth-order valence-corrected chi connectivity index (χ4v) is 3.39. The number of likely N-dealkylation sites (N-methyl/N-ethyl adjacent to an activating group) is 1. The minimum absolute atomic E-state index is 0.259. The summed E-state index contributed by atoms with van der Waals surface area (Å²) in [6.45, 7) is 6.77. The van der Waals surface area contributed by atoms with E-state index in [1.807, 2.05) is 48.5 Å². The molecular weight excluding hydrogens is 382 g/mol. The molecule has 2 unspecified atom stereocenters. The molecule has 1 aliphatic heterocycles. The summed E-state index contributed by atoms with van der Waals surface area (Å²) in [5.41, 5.74) is 2.60. The number of hydrogen-bond acceptors (Lipinski definition) is 4. The monoisotopic (exact) mass is 409 g/mol. The quantitative estimate of drug-likeness (QED) is 0.813. The third-order valence-corrected chi connectivity index (χ3v) is 4.82. The number of carbonyl (C=O) groups excluding carboxylic acids is 3. The van der Waals surface area contributed by atoms with Gasteiger partial charge in [-0.1, -0.05) is 42.5 Å². The number of rotatable bonds is 3. The molecule has 7 nitrogen and oxygen atoms in total. The molecular formula is C23H27N3O4. The minimum atomic E-state index is -0.881. The number of amides is 3. The molecule has 2 aromatic rings. The van der Waals surface area contributed by atoms with Crippen molar-refractivity contribution < 1.29 is 19.1 Å². The Morgan fingerprint density at radius 3 is 2.30 bits per heavy atom. The van der Waals surface area contributed by atoms with Gasteiger partial charge >= 0.3 is 6.09 Å². The highest BCUT2D eigenvalue weighted by molar-refractivity contribution is 6.06.